The van der Waals surface area contributed by atoms with Crippen molar-refractivity contribution < 1.29 is 32.2 Å². The molecule has 3 aromatic heterocycles. The number of aromatic amines is 1. The first-order valence-corrected chi connectivity index (χ1v) is 20.3. The number of aromatic nitrogens is 4. The molecule has 18 heteroatoms. The monoisotopic (exact) mass is 866 g/mol. The zero-order valence-corrected chi connectivity index (χ0v) is 33.5. The molecule has 4 aromatic carbocycles. The number of alkyl halides is 3. The fourth-order valence-corrected chi connectivity index (χ4v) is 7.14. The van der Waals surface area contributed by atoms with Crippen LogP contribution in [0.4, 0.5) is 28.4 Å². The number of rotatable bonds is 15. The van der Waals surface area contributed by atoms with E-state index in [4.69, 9.17) is 4.74 Å². The van der Waals surface area contributed by atoms with E-state index in [1.807, 2.05) is 35.7 Å². The normalized spacial score (nSPS) is 11.4. The van der Waals surface area contributed by atoms with Gasteiger partial charge in [0.15, 0.2) is 5.69 Å². The Morgan fingerprint density at radius 2 is 1.79 bits per heavy atom. The molecular formula is C43H34F4N8O4S2. The maximum absolute atomic E-state index is 13.7. The zero-order valence-electron chi connectivity index (χ0n) is 31.9. The van der Waals surface area contributed by atoms with E-state index in [2.05, 4.69) is 47.8 Å². The lowest BCUT2D eigenvalue weighted by Crippen LogP contribution is -2.24. The van der Waals surface area contributed by atoms with Crippen molar-refractivity contribution in [3.8, 4) is 45.2 Å². The van der Waals surface area contributed by atoms with Crippen molar-refractivity contribution in [2.75, 3.05) is 19.7 Å². The van der Waals surface area contributed by atoms with Crippen molar-refractivity contribution >= 4 is 39.4 Å². The number of halogens is 4. The van der Waals surface area contributed by atoms with Gasteiger partial charge in [0.2, 0.25) is 10.3 Å². The second kappa shape index (κ2) is 19.5. The number of ether oxygens (including phenoxy) is 1. The number of benzene rings is 4. The Morgan fingerprint density at radius 1 is 0.967 bits per heavy atom. The van der Waals surface area contributed by atoms with Gasteiger partial charge in [-0.3, -0.25) is 14.7 Å². The average Bonchev–Trinajstić information content (AvgIpc) is 4.04. The molecule has 0 atom stereocenters. The van der Waals surface area contributed by atoms with Crippen LogP contribution in [0.25, 0.3) is 27.6 Å². The van der Waals surface area contributed by atoms with Gasteiger partial charge in [-0.1, -0.05) is 60.4 Å². The van der Waals surface area contributed by atoms with Gasteiger partial charge in [-0.25, -0.2) is 14.4 Å². The Balaban J connectivity index is 0.959. The van der Waals surface area contributed by atoms with E-state index in [0.717, 1.165) is 23.3 Å². The topological polar surface area (TPSA) is 159 Å². The number of azo groups is 1. The summed E-state index contributed by atoms with van der Waals surface area (Å²) in [5.74, 6) is 4.81. The van der Waals surface area contributed by atoms with Crippen molar-refractivity contribution in [2.45, 2.75) is 25.7 Å². The third kappa shape index (κ3) is 10.7. The standard InChI is InChI=1S/C43H34F4N8O4S2/c44-34-15-9-28(23-33(34)43(45,46)47)25-59-36-16-10-27(22-32(36)24-48-18-20-56)6-4-5-17-49-39(57)31-13-11-29(12-14-31)35-26-61-42(51-35)55-40(58)38(52-53-41-50-19-21-60-41)37(54-55)30-7-2-1-3-8-30/h1-3,7-16,19,21-23,26,48,54,56H,5,17-18,20,24-25H2,(H,49,57). The summed E-state index contributed by atoms with van der Waals surface area (Å²) in [6.45, 7) is 0.524. The number of hydrogen-bond donors (Lipinski definition) is 4. The van der Waals surface area contributed by atoms with Crippen LogP contribution in [-0.2, 0) is 19.3 Å². The Hall–Kier alpha value is -6.78. The molecule has 7 aromatic rings. The van der Waals surface area contributed by atoms with Gasteiger partial charge in [0.1, 0.15) is 18.2 Å². The van der Waals surface area contributed by atoms with Gasteiger partial charge in [0.25, 0.3) is 5.91 Å². The third-order valence-corrected chi connectivity index (χ3v) is 10.4. The Kier molecular flexibility index (Phi) is 13.6. The highest BCUT2D eigenvalue weighted by Gasteiger charge is 2.34. The molecule has 12 nitrogen and oxygen atoms in total. The molecule has 4 N–H and O–H groups in total. The molecule has 3 heterocycles. The van der Waals surface area contributed by atoms with Crippen LogP contribution in [0.1, 0.15) is 39.0 Å². The van der Waals surface area contributed by atoms with Gasteiger partial charge in [-0.05, 0) is 48.0 Å². The van der Waals surface area contributed by atoms with Crippen LogP contribution < -0.4 is 20.9 Å². The number of aliphatic hydroxyl groups is 1. The van der Waals surface area contributed by atoms with E-state index in [-0.39, 0.29) is 43.5 Å². The van der Waals surface area contributed by atoms with Crippen LogP contribution in [0.2, 0.25) is 0 Å². The number of H-pyrrole nitrogens is 1. The van der Waals surface area contributed by atoms with E-state index >= 15 is 0 Å². The SMILES string of the molecule is O=C(NCCC#Cc1ccc(OCc2ccc(F)c(C(F)(F)F)c2)c(CNCCO)c1)c1ccc(-c2csc(-n3[nH]c(-c4ccccc4)c(N=Nc4nccs4)c3=O)n2)cc1. The van der Waals surface area contributed by atoms with Crippen LogP contribution >= 0.6 is 22.7 Å². The fraction of sp³-hybridized carbons (Fsp3) is 0.163. The highest BCUT2D eigenvalue weighted by Crippen LogP contribution is 2.33. The summed E-state index contributed by atoms with van der Waals surface area (Å²) >= 11 is 2.56. The number of hydrogen-bond acceptors (Lipinski definition) is 11. The Bertz CT molecular complexity index is 2760. The van der Waals surface area contributed by atoms with Crippen molar-refractivity contribution in [3.05, 3.63) is 152 Å². The van der Waals surface area contributed by atoms with Crippen LogP contribution in [0, 0.1) is 17.7 Å². The van der Waals surface area contributed by atoms with Gasteiger partial charge in [0, 0.05) is 70.8 Å². The highest BCUT2D eigenvalue weighted by molar-refractivity contribution is 7.13. The number of thiazole rings is 2. The fourth-order valence-electron chi connectivity index (χ4n) is 5.90. The summed E-state index contributed by atoms with van der Waals surface area (Å²) < 4.78 is 60.4. The second-order valence-electron chi connectivity index (χ2n) is 13.1. The van der Waals surface area contributed by atoms with Gasteiger partial charge in [-0.2, -0.15) is 17.9 Å². The number of carbonyl (C=O) groups excluding carboxylic acids is 1. The summed E-state index contributed by atoms with van der Waals surface area (Å²) in [6, 6.07) is 24.0. The van der Waals surface area contributed by atoms with Crippen molar-refractivity contribution in [1.82, 2.24) is 30.4 Å². The molecule has 0 spiro atoms. The zero-order chi connectivity index (χ0) is 42.8. The maximum atomic E-state index is 13.7. The molecule has 0 aliphatic rings. The van der Waals surface area contributed by atoms with Gasteiger partial charge < -0.3 is 20.5 Å². The van der Waals surface area contributed by atoms with Crippen LogP contribution in [-0.4, -0.2) is 50.5 Å². The summed E-state index contributed by atoms with van der Waals surface area (Å²) in [5.41, 5.74) is 2.78. The second-order valence-corrected chi connectivity index (χ2v) is 14.8. The summed E-state index contributed by atoms with van der Waals surface area (Å²) in [4.78, 5) is 35.3. The first kappa shape index (κ1) is 42.3. The van der Waals surface area contributed by atoms with Crippen LogP contribution in [0.5, 0.6) is 5.75 Å². The number of carbonyl (C=O) groups is 1. The molecule has 0 saturated heterocycles. The Morgan fingerprint density at radius 3 is 2.54 bits per heavy atom. The molecule has 0 aliphatic heterocycles. The van der Waals surface area contributed by atoms with Crippen molar-refractivity contribution in [3.63, 3.8) is 0 Å². The van der Waals surface area contributed by atoms with E-state index in [1.54, 1.807) is 54.0 Å². The van der Waals surface area contributed by atoms with E-state index in [0.29, 0.717) is 57.1 Å². The molecule has 7 rings (SSSR count). The van der Waals surface area contributed by atoms with Gasteiger partial charge in [0.05, 0.1) is 23.6 Å². The average molecular weight is 867 g/mol. The predicted octanol–water partition coefficient (Wildman–Crippen LogP) is 8.82. The van der Waals surface area contributed by atoms with Crippen LogP contribution in [0.3, 0.4) is 0 Å². The number of amides is 1. The van der Waals surface area contributed by atoms with Crippen LogP contribution in [0.15, 0.2) is 123 Å². The third-order valence-electron chi connectivity index (χ3n) is 8.87. The smallest absolute Gasteiger partial charge is 0.419 e. The number of nitrogens with zero attached hydrogens (tertiary/aromatic N) is 5. The lowest BCUT2D eigenvalue weighted by Gasteiger charge is -2.14. The van der Waals surface area contributed by atoms with E-state index in [9.17, 15) is 32.3 Å². The van der Waals surface area contributed by atoms with Crippen molar-refractivity contribution in [1.29, 1.82) is 0 Å². The lowest BCUT2D eigenvalue weighted by molar-refractivity contribution is -0.140. The van der Waals surface area contributed by atoms with Crippen molar-refractivity contribution in [2.24, 2.45) is 10.2 Å². The summed E-state index contributed by atoms with van der Waals surface area (Å²) in [7, 11) is 0. The minimum atomic E-state index is -4.84. The molecule has 0 bridgehead atoms. The summed E-state index contributed by atoms with van der Waals surface area (Å²) in [5, 5.41) is 31.0. The maximum Gasteiger partial charge on any atom is 0.419 e. The minimum Gasteiger partial charge on any atom is -0.489 e. The highest BCUT2D eigenvalue weighted by atomic mass is 32.1. The molecule has 0 radical (unpaired) electrons. The predicted molar refractivity (Wildman–Crippen MR) is 224 cm³/mol. The van der Waals surface area contributed by atoms with Gasteiger partial charge >= 0.3 is 11.7 Å². The molecule has 61 heavy (non-hydrogen) atoms. The number of nitrogens with one attached hydrogen (secondary N) is 3. The molecular weight excluding hydrogens is 833 g/mol. The molecule has 310 valence electrons. The first-order chi connectivity index (χ1) is 29.6. The Labute approximate surface area is 353 Å². The van der Waals surface area contributed by atoms with E-state index < -0.39 is 23.1 Å². The minimum absolute atomic E-state index is 0.103. The lowest BCUT2D eigenvalue weighted by atomic mass is 10.1. The molecule has 0 aliphatic carbocycles. The molecule has 0 unspecified atom stereocenters. The largest absolute Gasteiger partial charge is 0.489 e. The quantitative estimate of drug-likeness (QED) is 0.0347. The summed E-state index contributed by atoms with van der Waals surface area (Å²) in [6.07, 6.45) is -2.89. The molecule has 1 amide bonds. The molecule has 0 fully saturated rings. The number of aliphatic hydroxyl groups excluding tert-OH is 1. The van der Waals surface area contributed by atoms with E-state index in [1.165, 1.54) is 33.4 Å². The first-order valence-electron chi connectivity index (χ1n) is 18.6. The molecule has 0 saturated carbocycles. The van der Waals surface area contributed by atoms with Gasteiger partial charge in [-0.15, -0.1) is 32.9 Å².